The van der Waals surface area contributed by atoms with Crippen LogP contribution in [-0.4, -0.2) is 37.8 Å². The van der Waals surface area contributed by atoms with E-state index in [2.05, 4.69) is 10.6 Å². The lowest BCUT2D eigenvalue weighted by Gasteiger charge is -2.41. The predicted octanol–water partition coefficient (Wildman–Crippen LogP) is 4.45. The van der Waals surface area contributed by atoms with Crippen molar-refractivity contribution in [3.63, 3.8) is 0 Å². The molecule has 2 atom stereocenters. The zero-order valence-electron chi connectivity index (χ0n) is 18.1. The van der Waals surface area contributed by atoms with Crippen LogP contribution in [0.25, 0.3) is 0 Å². The number of hydrogen-bond acceptors (Lipinski definition) is 5. The van der Waals surface area contributed by atoms with Crippen molar-refractivity contribution in [2.24, 2.45) is 11.8 Å². The molecule has 1 aliphatic heterocycles. The van der Waals surface area contributed by atoms with Gasteiger partial charge in [-0.05, 0) is 43.9 Å². The van der Waals surface area contributed by atoms with Crippen molar-refractivity contribution in [2.75, 3.05) is 11.9 Å². The number of rotatable bonds is 4. The number of amides is 2. The molecule has 2 bridgehead atoms. The highest BCUT2D eigenvalue weighted by atomic mass is 35.5. The van der Waals surface area contributed by atoms with Crippen molar-refractivity contribution in [3.8, 4) is 0 Å². The van der Waals surface area contributed by atoms with Crippen molar-refractivity contribution in [3.05, 3.63) is 58.4 Å². The quantitative estimate of drug-likeness (QED) is 0.571. The van der Waals surface area contributed by atoms with E-state index in [1.165, 1.54) is 12.1 Å². The Bertz CT molecular complexity index is 1320. The second-order valence-electron chi connectivity index (χ2n) is 9.16. The Kier molecular flexibility index (Phi) is 5.75. The Labute approximate surface area is 203 Å². The second kappa shape index (κ2) is 8.41. The molecule has 2 saturated carbocycles. The molecule has 1 saturated heterocycles. The van der Waals surface area contributed by atoms with Gasteiger partial charge in [-0.3, -0.25) is 4.79 Å². The maximum atomic E-state index is 13.6. The Morgan fingerprint density at radius 2 is 1.71 bits per heavy atom. The fourth-order valence-corrected chi connectivity index (χ4v) is 8.03. The van der Waals surface area contributed by atoms with Gasteiger partial charge in [0.05, 0.1) is 21.7 Å². The van der Waals surface area contributed by atoms with Crippen molar-refractivity contribution < 1.29 is 35.9 Å². The Morgan fingerprint density at radius 3 is 2.29 bits per heavy atom. The van der Waals surface area contributed by atoms with E-state index < -0.39 is 50.1 Å². The highest BCUT2D eigenvalue weighted by molar-refractivity contribution is 7.92. The van der Waals surface area contributed by atoms with Gasteiger partial charge in [-0.2, -0.15) is 0 Å². The van der Waals surface area contributed by atoms with E-state index in [9.17, 15) is 31.2 Å². The first-order valence-corrected chi connectivity index (χ1v) is 12.9. The lowest BCUT2D eigenvalue weighted by Crippen LogP contribution is -2.50. The summed E-state index contributed by atoms with van der Waals surface area (Å²) in [5, 5.41) is 4.06. The van der Waals surface area contributed by atoms with E-state index in [-0.39, 0.29) is 45.8 Å². The number of anilines is 1. The first kappa shape index (κ1) is 23.9. The van der Waals surface area contributed by atoms with E-state index in [1.54, 1.807) is 0 Å². The molecule has 1 heterocycles. The second-order valence-corrected chi connectivity index (χ2v) is 11.8. The monoisotopic (exact) mass is 528 g/mol. The highest BCUT2D eigenvalue weighted by Crippen LogP contribution is 2.54. The summed E-state index contributed by atoms with van der Waals surface area (Å²) in [5.41, 5.74) is -1.13. The maximum absolute atomic E-state index is 13.6. The lowest BCUT2D eigenvalue weighted by molar-refractivity contribution is -0.0314. The van der Waals surface area contributed by atoms with E-state index in [1.807, 2.05) is 0 Å². The normalized spacial score (nSPS) is 27.5. The number of alkyl carbamates (subject to hydrolysis) is 1. The van der Waals surface area contributed by atoms with Gasteiger partial charge in [0, 0.05) is 35.2 Å². The molecular weight excluding hydrogens is 509 g/mol. The number of ether oxygens (including phenoxy) is 1. The Balaban J connectivity index is 1.40. The topological polar surface area (TPSA) is 102 Å². The third kappa shape index (κ3) is 3.94. The van der Waals surface area contributed by atoms with Crippen molar-refractivity contribution >= 4 is 39.1 Å². The van der Waals surface area contributed by atoms with Gasteiger partial charge in [-0.1, -0.05) is 11.6 Å². The number of nitrogens with one attached hydrogen (secondary N) is 2. The number of carbonyl (C=O) groups is 2. The molecule has 2 N–H and O–H groups in total. The van der Waals surface area contributed by atoms with Crippen LogP contribution in [0.15, 0.2) is 35.2 Å². The van der Waals surface area contributed by atoms with Crippen LogP contribution >= 0.6 is 11.6 Å². The molecule has 2 amide bonds. The van der Waals surface area contributed by atoms with E-state index in [4.69, 9.17) is 16.3 Å². The number of benzene rings is 2. The number of carbonyl (C=O) groups excluding carboxylic acids is 2. The summed E-state index contributed by atoms with van der Waals surface area (Å²) in [7, 11) is -3.97. The zero-order valence-corrected chi connectivity index (χ0v) is 19.7. The highest BCUT2D eigenvalue weighted by Gasteiger charge is 2.61. The first-order valence-electron chi connectivity index (χ1n) is 11.0. The molecule has 12 heteroatoms. The molecule has 3 aliphatic rings. The Morgan fingerprint density at radius 1 is 1.09 bits per heavy atom. The van der Waals surface area contributed by atoms with Crippen LogP contribution < -0.4 is 10.6 Å². The van der Waals surface area contributed by atoms with Crippen LogP contribution in [0.4, 0.5) is 23.7 Å². The molecule has 1 spiro atoms. The summed E-state index contributed by atoms with van der Waals surface area (Å²) in [5.74, 6) is -5.72. The van der Waals surface area contributed by atoms with E-state index in [0.29, 0.717) is 18.7 Å². The van der Waals surface area contributed by atoms with Crippen LogP contribution in [0.1, 0.15) is 36.0 Å². The summed E-state index contributed by atoms with van der Waals surface area (Å²) >= 11 is 6.22. The molecule has 5 rings (SSSR count). The molecular formula is C23H20ClF3N2O5S. The summed E-state index contributed by atoms with van der Waals surface area (Å²) in [6, 6.07) is 4.88. The van der Waals surface area contributed by atoms with Crippen LogP contribution in [-0.2, 0) is 14.6 Å². The number of hydrogen-bond donors (Lipinski definition) is 2. The van der Waals surface area contributed by atoms with Gasteiger partial charge in [0.25, 0.3) is 5.91 Å². The van der Waals surface area contributed by atoms with E-state index >= 15 is 0 Å². The van der Waals surface area contributed by atoms with Gasteiger partial charge < -0.3 is 15.4 Å². The van der Waals surface area contributed by atoms with Crippen LogP contribution in [0.5, 0.6) is 0 Å². The zero-order chi connectivity index (χ0) is 25.1. The fraction of sp³-hybridized carbons (Fsp3) is 0.391. The lowest BCUT2D eigenvalue weighted by atomic mass is 9.74. The average molecular weight is 529 g/mol. The van der Waals surface area contributed by atoms with Gasteiger partial charge in [0.15, 0.2) is 27.3 Å². The van der Waals surface area contributed by atoms with E-state index in [0.717, 1.165) is 18.9 Å². The molecule has 2 aromatic carbocycles. The van der Waals surface area contributed by atoms with Crippen LogP contribution in [0.3, 0.4) is 0 Å². The van der Waals surface area contributed by atoms with Crippen molar-refractivity contribution in [1.82, 2.24) is 5.32 Å². The molecule has 2 unspecified atom stereocenters. The molecule has 3 fully saturated rings. The molecule has 0 radical (unpaired) electrons. The van der Waals surface area contributed by atoms with Gasteiger partial charge in [-0.15, -0.1) is 0 Å². The van der Waals surface area contributed by atoms with Crippen LogP contribution in [0.2, 0.25) is 5.02 Å². The van der Waals surface area contributed by atoms with Crippen molar-refractivity contribution in [2.45, 2.75) is 41.4 Å². The molecule has 186 valence electrons. The fourth-order valence-electron chi connectivity index (χ4n) is 5.63. The summed E-state index contributed by atoms with van der Waals surface area (Å²) in [4.78, 5) is 24.1. The smallest absolute Gasteiger partial charge is 0.407 e. The first-order chi connectivity index (χ1) is 16.5. The van der Waals surface area contributed by atoms with Crippen molar-refractivity contribution in [1.29, 1.82) is 0 Å². The summed E-state index contributed by atoms with van der Waals surface area (Å²) in [6.45, 7) is 0.356. The standard InChI is InChI=1S/C23H20ClF3N2O5S/c24-16-4-1-11(21(30)29-14-8-17(25)20(27)18(26)9-14)5-19(16)35(32,33)15-6-12-2-3-13(7-15)23(12)10-28-22(31)34-23/h1,4-5,8-9,12-13,15H,2-3,6-7,10H2,(H,28,31)(H,29,30)/t12?,13?,15-,23-. The molecule has 2 aliphatic carbocycles. The summed E-state index contributed by atoms with van der Waals surface area (Å²) in [6.07, 6.45) is 1.56. The molecule has 35 heavy (non-hydrogen) atoms. The maximum Gasteiger partial charge on any atom is 0.407 e. The van der Waals surface area contributed by atoms with Gasteiger partial charge in [0.1, 0.15) is 5.60 Å². The third-order valence-electron chi connectivity index (χ3n) is 7.31. The minimum atomic E-state index is -3.97. The largest absolute Gasteiger partial charge is 0.440 e. The minimum Gasteiger partial charge on any atom is -0.440 e. The van der Waals surface area contributed by atoms with Gasteiger partial charge in [0.2, 0.25) is 0 Å². The number of halogens is 4. The van der Waals surface area contributed by atoms with Crippen LogP contribution in [0, 0.1) is 29.3 Å². The Hall–Kier alpha value is -2.79. The van der Waals surface area contributed by atoms with Gasteiger partial charge >= 0.3 is 6.09 Å². The number of sulfone groups is 1. The third-order valence-corrected chi connectivity index (χ3v) is 9.97. The summed E-state index contributed by atoms with van der Waals surface area (Å²) < 4.78 is 72.9. The predicted molar refractivity (Wildman–Crippen MR) is 119 cm³/mol. The molecule has 2 aromatic rings. The molecule has 7 nitrogen and oxygen atoms in total. The minimum absolute atomic E-state index is 0.0676. The average Bonchev–Trinajstić information content (AvgIpc) is 3.23. The van der Waals surface area contributed by atoms with Gasteiger partial charge in [-0.25, -0.2) is 26.4 Å². The molecule has 0 aromatic heterocycles. The SMILES string of the molecule is O=C1NC[C@]2(O1)C1CCC2C[C@@H](S(=O)(=O)c2cc(C(=O)Nc3cc(F)c(F)c(F)c3)ccc2Cl)C1.